The molecule has 4 aliphatic rings. The molecule has 0 N–H and O–H groups in total. The maximum Gasteiger partial charge on any atom is 0.228 e. The zero-order chi connectivity index (χ0) is 22.1. The molecule has 5 rings (SSSR count). The summed E-state index contributed by atoms with van der Waals surface area (Å²) in [7, 11) is 0. The van der Waals surface area contributed by atoms with E-state index < -0.39 is 0 Å². The van der Waals surface area contributed by atoms with Crippen LogP contribution in [0.4, 0.5) is 5.82 Å². The van der Waals surface area contributed by atoms with E-state index in [1.807, 2.05) is 9.80 Å². The number of piperidine rings is 1. The lowest BCUT2D eigenvalue weighted by molar-refractivity contribution is -0.132. The number of carbonyl (C=O) groups excluding carboxylic acids is 2. The minimum atomic E-state index is 0.229. The molecule has 2 saturated heterocycles. The molecular weight excluding hydrogens is 402 g/mol. The van der Waals surface area contributed by atoms with E-state index in [2.05, 4.69) is 11.8 Å². The topological polar surface area (TPSA) is 69.6 Å². The number of fused-ring (bicyclic) bond motifs is 1. The minimum absolute atomic E-state index is 0.229. The van der Waals surface area contributed by atoms with Gasteiger partial charge in [0.05, 0.1) is 0 Å². The van der Waals surface area contributed by atoms with Crippen LogP contribution in [0.25, 0.3) is 0 Å². The molecule has 1 saturated carbocycles. The molecule has 1 aliphatic carbocycles. The summed E-state index contributed by atoms with van der Waals surface area (Å²) in [5.41, 5.74) is 2.19. The largest absolute Gasteiger partial charge is 0.343 e. The predicted molar refractivity (Wildman–Crippen MR) is 124 cm³/mol. The molecule has 1 aromatic rings. The number of nitrogens with zero attached hydrogens (tertiary/aromatic N) is 5. The Bertz CT molecular complexity index is 852. The highest BCUT2D eigenvalue weighted by atomic mass is 16.2. The van der Waals surface area contributed by atoms with E-state index in [1.54, 1.807) is 0 Å². The van der Waals surface area contributed by atoms with Crippen molar-refractivity contribution in [2.75, 3.05) is 37.6 Å². The average Bonchev–Trinajstić information content (AvgIpc) is 3.52. The first-order valence-corrected chi connectivity index (χ1v) is 12.8. The van der Waals surface area contributed by atoms with Crippen LogP contribution in [0.3, 0.4) is 0 Å². The lowest BCUT2D eigenvalue weighted by Crippen LogP contribution is -2.43. The van der Waals surface area contributed by atoms with Crippen molar-refractivity contribution in [1.29, 1.82) is 0 Å². The zero-order valence-electron chi connectivity index (χ0n) is 19.5. The molecule has 4 heterocycles. The molecule has 0 aromatic carbocycles. The van der Waals surface area contributed by atoms with E-state index in [9.17, 15) is 9.59 Å². The smallest absolute Gasteiger partial charge is 0.228 e. The van der Waals surface area contributed by atoms with Gasteiger partial charge in [0.1, 0.15) is 11.6 Å². The van der Waals surface area contributed by atoms with Crippen LogP contribution in [0.2, 0.25) is 0 Å². The van der Waals surface area contributed by atoms with E-state index in [-0.39, 0.29) is 17.7 Å². The number of rotatable bonds is 5. The van der Waals surface area contributed by atoms with Crippen molar-refractivity contribution in [3.05, 3.63) is 17.1 Å². The second-order valence-electron chi connectivity index (χ2n) is 10.1. The summed E-state index contributed by atoms with van der Waals surface area (Å²) in [5, 5.41) is 0. The van der Waals surface area contributed by atoms with Gasteiger partial charge in [0, 0.05) is 55.7 Å². The number of likely N-dealkylation sites (tertiary alicyclic amines) is 2. The van der Waals surface area contributed by atoms with Crippen molar-refractivity contribution in [3.8, 4) is 0 Å². The number of anilines is 1. The Balaban J connectivity index is 1.25. The summed E-state index contributed by atoms with van der Waals surface area (Å²) in [6, 6.07) is 0.304. The molecular formula is C25H37N5O2. The number of carbonyl (C=O) groups is 2. The lowest BCUT2D eigenvalue weighted by atomic mass is 9.94. The van der Waals surface area contributed by atoms with E-state index in [4.69, 9.17) is 9.97 Å². The standard InChI is InChI=1S/C25H37N5O2/c1-18-21-8-9-23(32)30(20-6-2-3-7-20)25(21)27-24(26-18)19-10-16-29(17-11-19)22(31)12-15-28-13-4-5-14-28/h19-20H,2-17H2,1H3. The lowest BCUT2D eigenvalue weighted by Gasteiger charge is -2.35. The first kappa shape index (κ1) is 21.8. The molecule has 7 nitrogen and oxygen atoms in total. The number of aryl methyl sites for hydroxylation is 1. The van der Waals surface area contributed by atoms with Gasteiger partial charge in [0.2, 0.25) is 11.8 Å². The molecule has 0 atom stereocenters. The van der Waals surface area contributed by atoms with Crippen LogP contribution in [0, 0.1) is 6.92 Å². The molecule has 2 amide bonds. The number of aromatic nitrogens is 2. The van der Waals surface area contributed by atoms with E-state index >= 15 is 0 Å². The molecule has 3 aliphatic heterocycles. The van der Waals surface area contributed by atoms with Crippen molar-refractivity contribution < 1.29 is 9.59 Å². The average molecular weight is 440 g/mol. The maximum absolute atomic E-state index is 12.8. The quantitative estimate of drug-likeness (QED) is 0.705. The van der Waals surface area contributed by atoms with Crippen molar-refractivity contribution in [3.63, 3.8) is 0 Å². The van der Waals surface area contributed by atoms with Gasteiger partial charge in [0.15, 0.2) is 0 Å². The molecule has 0 spiro atoms. The van der Waals surface area contributed by atoms with E-state index in [0.29, 0.717) is 18.9 Å². The van der Waals surface area contributed by atoms with E-state index in [1.165, 1.54) is 25.7 Å². The molecule has 1 aromatic heterocycles. The van der Waals surface area contributed by atoms with Crippen LogP contribution < -0.4 is 4.90 Å². The summed E-state index contributed by atoms with van der Waals surface area (Å²) in [4.78, 5) is 41.9. The molecule has 0 unspecified atom stereocenters. The van der Waals surface area contributed by atoms with Gasteiger partial charge in [-0.15, -0.1) is 0 Å². The Morgan fingerprint density at radius 2 is 1.66 bits per heavy atom. The highest BCUT2D eigenvalue weighted by Gasteiger charge is 2.35. The van der Waals surface area contributed by atoms with Gasteiger partial charge >= 0.3 is 0 Å². The van der Waals surface area contributed by atoms with E-state index in [0.717, 1.165) is 87.7 Å². The molecule has 3 fully saturated rings. The fraction of sp³-hybridized carbons (Fsp3) is 0.760. The van der Waals surface area contributed by atoms with Crippen molar-refractivity contribution in [1.82, 2.24) is 19.8 Å². The predicted octanol–water partition coefficient (Wildman–Crippen LogP) is 3.20. The molecule has 0 bridgehead atoms. The summed E-state index contributed by atoms with van der Waals surface area (Å²) in [6.45, 7) is 6.83. The molecule has 32 heavy (non-hydrogen) atoms. The second kappa shape index (κ2) is 9.46. The van der Waals surface area contributed by atoms with Crippen LogP contribution in [0.5, 0.6) is 0 Å². The molecule has 174 valence electrons. The van der Waals surface area contributed by atoms with Crippen LogP contribution in [-0.2, 0) is 16.0 Å². The molecule has 0 radical (unpaired) electrons. The summed E-state index contributed by atoms with van der Waals surface area (Å²) in [6.07, 6.45) is 10.9. The van der Waals surface area contributed by atoms with Gasteiger partial charge < -0.3 is 9.80 Å². The van der Waals surface area contributed by atoms with Crippen LogP contribution in [0.1, 0.15) is 87.2 Å². The summed E-state index contributed by atoms with van der Waals surface area (Å²) >= 11 is 0. The first-order chi connectivity index (χ1) is 15.6. The minimum Gasteiger partial charge on any atom is -0.343 e. The third kappa shape index (κ3) is 4.41. The van der Waals surface area contributed by atoms with Crippen molar-refractivity contribution in [2.24, 2.45) is 0 Å². The Hall–Kier alpha value is -2.02. The Kier molecular flexibility index (Phi) is 6.44. The monoisotopic (exact) mass is 439 g/mol. The van der Waals surface area contributed by atoms with Crippen molar-refractivity contribution >= 4 is 17.6 Å². The highest BCUT2D eigenvalue weighted by Crippen LogP contribution is 2.36. The third-order valence-corrected chi connectivity index (χ3v) is 8.04. The van der Waals surface area contributed by atoms with Gasteiger partial charge in [-0.25, -0.2) is 9.97 Å². The van der Waals surface area contributed by atoms with Crippen LogP contribution in [-0.4, -0.2) is 70.3 Å². The highest BCUT2D eigenvalue weighted by molar-refractivity contribution is 5.96. The number of hydrogen-bond acceptors (Lipinski definition) is 5. The van der Waals surface area contributed by atoms with Gasteiger partial charge in [-0.2, -0.15) is 0 Å². The fourth-order valence-electron chi connectivity index (χ4n) is 6.09. The van der Waals surface area contributed by atoms with Gasteiger partial charge in [0.25, 0.3) is 0 Å². The second-order valence-corrected chi connectivity index (χ2v) is 10.1. The SMILES string of the molecule is Cc1nc(C2CCN(C(=O)CCN3CCCC3)CC2)nc2c1CCC(=O)N2C1CCCC1. The summed E-state index contributed by atoms with van der Waals surface area (Å²) in [5.74, 6) is 2.55. The van der Waals surface area contributed by atoms with Crippen LogP contribution in [0.15, 0.2) is 0 Å². The first-order valence-electron chi connectivity index (χ1n) is 12.8. The molecule has 7 heteroatoms. The van der Waals surface area contributed by atoms with Crippen LogP contribution >= 0.6 is 0 Å². The fourth-order valence-corrected chi connectivity index (χ4v) is 6.09. The van der Waals surface area contributed by atoms with Gasteiger partial charge in [-0.1, -0.05) is 12.8 Å². The number of hydrogen-bond donors (Lipinski definition) is 0. The zero-order valence-corrected chi connectivity index (χ0v) is 19.5. The Labute approximate surface area is 191 Å². The maximum atomic E-state index is 12.8. The third-order valence-electron chi connectivity index (χ3n) is 8.04. The number of amides is 2. The van der Waals surface area contributed by atoms with Gasteiger partial charge in [-0.05, 0) is 65.0 Å². The van der Waals surface area contributed by atoms with Gasteiger partial charge in [-0.3, -0.25) is 14.5 Å². The Morgan fingerprint density at radius 3 is 2.38 bits per heavy atom. The summed E-state index contributed by atoms with van der Waals surface area (Å²) < 4.78 is 0. The Morgan fingerprint density at radius 1 is 0.938 bits per heavy atom. The normalized spacial score (nSPS) is 23.2. The van der Waals surface area contributed by atoms with Crippen molar-refractivity contribution in [2.45, 2.75) is 89.5 Å².